The number of carbonyl (C=O) groups excluding carboxylic acids is 1. The van der Waals surface area contributed by atoms with Crippen LogP contribution >= 0.6 is 0 Å². The summed E-state index contributed by atoms with van der Waals surface area (Å²) in [6.07, 6.45) is 2.81. The maximum atomic E-state index is 12.3. The van der Waals surface area contributed by atoms with Crippen LogP contribution in [0.15, 0.2) is 54.6 Å². The lowest BCUT2D eigenvalue weighted by Gasteiger charge is -2.23. The zero-order valence-corrected chi connectivity index (χ0v) is 13.2. The van der Waals surface area contributed by atoms with E-state index >= 15 is 0 Å². The highest BCUT2D eigenvalue weighted by Crippen LogP contribution is 2.23. The zero-order valence-electron chi connectivity index (χ0n) is 13.2. The van der Waals surface area contributed by atoms with Crippen LogP contribution in [0.3, 0.4) is 0 Å². The van der Waals surface area contributed by atoms with Crippen molar-refractivity contribution in [2.45, 2.75) is 31.8 Å². The molecule has 2 N–H and O–H groups in total. The smallest absolute Gasteiger partial charge is 0.239 e. The van der Waals surface area contributed by atoms with Crippen LogP contribution in [-0.4, -0.2) is 23.4 Å². The molecule has 2 aromatic rings. The van der Waals surface area contributed by atoms with Gasteiger partial charge in [0.2, 0.25) is 5.91 Å². The van der Waals surface area contributed by atoms with Gasteiger partial charge < -0.3 is 15.4 Å². The summed E-state index contributed by atoms with van der Waals surface area (Å²) in [5.74, 6) is 1.63. The van der Waals surface area contributed by atoms with E-state index in [0.717, 1.165) is 42.9 Å². The Labute approximate surface area is 136 Å². The van der Waals surface area contributed by atoms with Crippen LogP contribution in [0.1, 0.15) is 24.8 Å². The Morgan fingerprint density at radius 2 is 1.83 bits per heavy atom. The minimum Gasteiger partial charge on any atom is -0.457 e. The predicted molar refractivity (Wildman–Crippen MR) is 90.2 cm³/mol. The quantitative estimate of drug-likeness (QED) is 0.942. The number of amides is 1. The first-order valence-corrected chi connectivity index (χ1v) is 8.08. The van der Waals surface area contributed by atoms with Crippen LogP contribution < -0.4 is 10.5 Å². The molecule has 3 rings (SSSR count). The van der Waals surface area contributed by atoms with E-state index < -0.39 is 0 Å². The molecule has 1 aliphatic heterocycles. The third-order valence-electron chi connectivity index (χ3n) is 4.07. The van der Waals surface area contributed by atoms with Gasteiger partial charge in [0.25, 0.3) is 0 Å². The number of benzene rings is 2. The van der Waals surface area contributed by atoms with Crippen LogP contribution in [0.5, 0.6) is 11.5 Å². The summed E-state index contributed by atoms with van der Waals surface area (Å²) in [6, 6.07) is 17.2. The van der Waals surface area contributed by atoms with E-state index in [1.54, 1.807) is 0 Å². The van der Waals surface area contributed by atoms with E-state index in [-0.39, 0.29) is 11.9 Å². The number of likely N-dealkylation sites (tertiary alicyclic amines) is 1. The van der Waals surface area contributed by atoms with E-state index in [9.17, 15) is 4.79 Å². The number of carbonyl (C=O) groups is 1. The minimum atomic E-state index is -0.360. The summed E-state index contributed by atoms with van der Waals surface area (Å²) >= 11 is 0. The molecular weight excluding hydrogens is 288 g/mol. The molecule has 1 fully saturated rings. The standard InChI is InChI=1S/C19H22N2O2/c20-18-11-4-5-12-21(19(18)22)14-15-7-6-10-17(13-15)23-16-8-2-1-3-9-16/h1-3,6-10,13,18H,4-5,11-12,14,20H2/t18-/m0/s1. The second-order valence-electron chi connectivity index (χ2n) is 5.92. The van der Waals surface area contributed by atoms with Crippen LogP contribution in [0.2, 0.25) is 0 Å². The number of hydrogen-bond donors (Lipinski definition) is 1. The third kappa shape index (κ3) is 4.11. The van der Waals surface area contributed by atoms with Gasteiger partial charge in [-0.2, -0.15) is 0 Å². The second-order valence-corrected chi connectivity index (χ2v) is 5.92. The SMILES string of the molecule is N[C@H]1CCCCN(Cc2cccc(Oc3ccccc3)c2)C1=O. The molecule has 0 radical (unpaired) electrons. The topological polar surface area (TPSA) is 55.6 Å². The summed E-state index contributed by atoms with van der Waals surface area (Å²) in [5.41, 5.74) is 6.99. The highest BCUT2D eigenvalue weighted by Gasteiger charge is 2.23. The van der Waals surface area contributed by atoms with Crippen LogP contribution in [0.25, 0.3) is 0 Å². The molecule has 1 atom stereocenters. The molecule has 23 heavy (non-hydrogen) atoms. The first-order chi connectivity index (χ1) is 11.2. The van der Waals surface area contributed by atoms with E-state index in [2.05, 4.69) is 0 Å². The van der Waals surface area contributed by atoms with Gasteiger partial charge in [0.1, 0.15) is 11.5 Å². The summed E-state index contributed by atoms with van der Waals surface area (Å²) in [5, 5.41) is 0. The molecule has 0 aliphatic carbocycles. The molecule has 1 aliphatic rings. The molecule has 4 nitrogen and oxygen atoms in total. The fraction of sp³-hybridized carbons (Fsp3) is 0.316. The van der Waals surface area contributed by atoms with Gasteiger partial charge in [0.15, 0.2) is 0 Å². The van der Waals surface area contributed by atoms with Crippen molar-refractivity contribution in [3.63, 3.8) is 0 Å². The van der Waals surface area contributed by atoms with Crippen LogP contribution in [0, 0.1) is 0 Å². The Hall–Kier alpha value is -2.33. The second kappa shape index (κ2) is 7.29. The maximum Gasteiger partial charge on any atom is 0.239 e. The first kappa shape index (κ1) is 15.6. The minimum absolute atomic E-state index is 0.0527. The van der Waals surface area contributed by atoms with Crippen molar-refractivity contribution in [1.82, 2.24) is 4.90 Å². The van der Waals surface area contributed by atoms with Gasteiger partial charge in [0.05, 0.1) is 6.04 Å². The number of rotatable bonds is 4. The van der Waals surface area contributed by atoms with Gasteiger partial charge in [-0.25, -0.2) is 0 Å². The average molecular weight is 310 g/mol. The van der Waals surface area contributed by atoms with Gasteiger partial charge in [0, 0.05) is 13.1 Å². The zero-order chi connectivity index (χ0) is 16.1. The largest absolute Gasteiger partial charge is 0.457 e. The Morgan fingerprint density at radius 3 is 2.65 bits per heavy atom. The number of ether oxygens (including phenoxy) is 1. The number of nitrogens with zero attached hydrogens (tertiary/aromatic N) is 1. The van der Waals surface area contributed by atoms with Gasteiger partial charge in [-0.3, -0.25) is 4.79 Å². The average Bonchev–Trinajstić information content (AvgIpc) is 2.72. The molecule has 4 heteroatoms. The third-order valence-corrected chi connectivity index (χ3v) is 4.07. The monoisotopic (exact) mass is 310 g/mol. The highest BCUT2D eigenvalue weighted by molar-refractivity contribution is 5.81. The van der Waals surface area contributed by atoms with Crippen LogP contribution in [0.4, 0.5) is 0 Å². The molecule has 1 amide bonds. The lowest BCUT2D eigenvalue weighted by molar-refractivity contribution is -0.132. The highest BCUT2D eigenvalue weighted by atomic mass is 16.5. The molecule has 120 valence electrons. The summed E-state index contributed by atoms with van der Waals surface area (Å²) in [6.45, 7) is 1.36. The molecule has 0 unspecified atom stereocenters. The van der Waals surface area contributed by atoms with Crippen molar-refractivity contribution < 1.29 is 9.53 Å². The van der Waals surface area contributed by atoms with Gasteiger partial charge in [-0.1, -0.05) is 30.3 Å². The molecule has 0 saturated carbocycles. The normalized spacial score (nSPS) is 18.6. The summed E-state index contributed by atoms with van der Waals surface area (Å²) in [7, 11) is 0. The fourth-order valence-corrected chi connectivity index (χ4v) is 2.84. The molecule has 1 heterocycles. The van der Waals surface area contributed by atoms with E-state index in [4.69, 9.17) is 10.5 Å². The molecular formula is C19H22N2O2. The van der Waals surface area contributed by atoms with E-state index in [1.807, 2.05) is 59.5 Å². The Balaban J connectivity index is 1.71. The lowest BCUT2D eigenvalue weighted by atomic mass is 10.1. The number of hydrogen-bond acceptors (Lipinski definition) is 3. The molecule has 0 spiro atoms. The van der Waals surface area contributed by atoms with Crippen molar-refractivity contribution in [3.8, 4) is 11.5 Å². The number of nitrogens with two attached hydrogens (primary N) is 1. The van der Waals surface area contributed by atoms with E-state index in [1.165, 1.54) is 0 Å². The van der Waals surface area contributed by atoms with Gasteiger partial charge in [-0.15, -0.1) is 0 Å². The van der Waals surface area contributed by atoms with E-state index in [0.29, 0.717) is 6.54 Å². The number of para-hydroxylation sites is 1. The molecule has 1 saturated heterocycles. The van der Waals surface area contributed by atoms with Crippen molar-refractivity contribution in [2.75, 3.05) is 6.54 Å². The Bertz CT molecular complexity index is 657. The Kier molecular flexibility index (Phi) is 4.93. The fourth-order valence-electron chi connectivity index (χ4n) is 2.84. The summed E-state index contributed by atoms with van der Waals surface area (Å²) in [4.78, 5) is 14.2. The van der Waals surface area contributed by atoms with Gasteiger partial charge in [-0.05, 0) is 49.1 Å². The summed E-state index contributed by atoms with van der Waals surface area (Å²) < 4.78 is 5.85. The van der Waals surface area contributed by atoms with Crippen molar-refractivity contribution in [3.05, 3.63) is 60.2 Å². The van der Waals surface area contributed by atoms with Crippen molar-refractivity contribution >= 4 is 5.91 Å². The van der Waals surface area contributed by atoms with Crippen LogP contribution in [-0.2, 0) is 11.3 Å². The molecule has 0 aromatic heterocycles. The molecule has 2 aromatic carbocycles. The molecule has 0 bridgehead atoms. The maximum absolute atomic E-state index is 12.3. The first-order valence-electron chi connectivity index (χ1n) is 8.08. The van der Waals surface area contributed by atoms with Crippen molar-refractivity contribution in [2.24, 2.45) is 5.73 Å². The van der Waals surface area contributed by atoms with Crippen molar-refractivity contribution in [1.29, 1.82) is 0 Å². The predicted octanol–water partition coefficient (Wildman–Crippen LogP) is 3.32. The Morgan fingerprint density at radius 1 is 1.04 bits per heavy atom. The van der Waals surface area contributed by atoms with Gasteiger partial charge >= 0.3 is 0 Å². The lowest BCUT2D eigenvalue weighted by Crippen LogP contribution is -2.41.